The highest BCUT2D eigenvalue weighted by molar-refractivity contribution is 5.11. The van der Waals surface area contributed by atoms with Crippen molar-refractivity contribution < 1.29 is 0 Å². The van der Waals surface area contributed by atoms with Crippen LogP contribution >= 0.6 is 0 Å². The Morgan fingerprint density at radius 3 is 2.47 bits per heavy atom. The Labute approximate surface area is 107 Å². The maximum absolute atomic E-state index is 6.43. The molecule has 2 rings (SSSR count). The van der Waals surface area contributed by atoms with Crippen LogP contribution in [0, 0.1) is 5.92 Å². The molecule has 0 amide bonds. The Morgan fingerprint density at radius 1 is 1.00 bits per heavy atom. The van der Waals surface area contributed by atoms with E-state index in [4.69, 9.17) is 5.73 Å². The van der Waals surface area contributed by atoms with Crippen molar-refractivity contribution in [2.75, 3.05) is 0 Å². The molecular formula is C16H29N. The molecule has 1 nitrogen and oxygen atoms in total. The summed E-state index contributed by atoms with van der Waals surface area (Å²) in [5.74, 6) is 0.914. The van der Waals surface area contributed by atoms with E-state index in [-0.39, 0.29) is 0 Å². The Balaban J connectivity index is 1.81. The first-order chi connectivity index (χ1) is 8.36. The Hall–Kier alpha value is -0.300. The summed E-state index contributed by atoms with van der Waals surface area (Å²) in [7, 11) is 0. The second kappa shape index (κ2) is 7.20. The minimum absolute atomic E-state index is 0.371. The van der Waals surface area contributed by atoms with Gasteiger partial charge in [-0.05, 0) is 38.0 Å². The molecule has 98 valence electrons. The topological polar surface area (TPSA) is 26.0 Å². The summed E-state index contributed by atoms with van der Waals surface area (Å²) < 4.78 is 0. The van der Waals surface area contributed by atoms with Crippen LogP contribution in [-0.2, 0) is 0 Å². The van der Waals surface area contributed by atoms with Gasteiger partial charge >= 0.3 is 0 Å². The highest BCUT2D eigenvalue weighted by Gasteiger charge is 2.18. The number of rotatable bonds is 3. The number of allylic oxidation sites excluding steroid dienone is 1. The molecule has 1 fully saturated rings. The number of nitrogens with two attached hydrogens (primary N) is 1. The maximum atomic E-state index is 6.43. The third-order valence-corrected chi connectivity index (χ3v) is 4.61. The highest BCUT2D eigenvalue weighted by atomic mass is 14.6. The van der Waals surface area contributed by atoms with Gasteiger partial charge in [0.2, 0.25) is 0 Å². The molecule has 2 aliphatic rings. The van der Waals surface area contributed by atoms with Crippen molar-refractivity contribution in [1.82, 2.24) is 0 Å². The first-order valence-electron chi connectivity index (χ1n) is 7.81. The van der Waals surface area contributed by atoms with E-state index in [1.54, 1.807) is 5.57 Å². The van der Waals surface area contributed by atoms with Crippen molar-refractivity contribution in [3.05, 3.63) is 11.6 Å². The average molecular weight is 235 g/mol. The van der Waals surface area contributed by atoms with Crippen LogP contribution in [0.3, 0.4) is 0 Å². The summed E-state index contributed by atoms with van der Waals surface area (Å²) in [6, 6.07) is 0.371. The van der Waals surface area contributed by atoms with Crippen molar-refractivity contribution in [2.45, 2.75) is 83.1 Å². The molecular weight excluding hydrogens is 206 g/mol. The molecule has 0 aromatic rings. The lowest BCUT2D eigenvalue weighted by Gasteiger charge is -2.21. The zero-order valence-electron chi connectivity index (χ0n) is 11.3. The van der Waals surface area contributed by atoms with Gasteiger partial charge in [0.25, 0.3) is 0 Å². The maximum Gasteiger partial charge on any atom is 0.0256 e. The molecule has 17 heavy (non-hydrogen) atoms. The van der Waals surface area contributed by atoms with Gasteiger partial charge in [0.15, 0.2) is 0 Å². The van der Waals surface area contributed by atoms with Gasteiger partial charge in [0.05, 0.1) is 0 Å². The zero-order chi connectivity index (χ0) is 11.9. The molecule has 1 heteroatoms. The van der Waals surface area contributed by atoms with Gasteiger partial charge in [0.1, 0.15) is 0 Å². The summed E-state index contributed by atoms with van der Waals surface area (Å²) in [4.78, 5) is 0. The molecule has 2 aliphatic carbocycles. The number of hydrogen-bond donors (Lipinski definition) is 1. The van der Waals surface area contributed by atoms with Gasteiger partial charge in [-0.3, -0.25) is 0 Å². The lowest BCUT2D eigenvalue weighted by atomic mass is 9.88. The lowest BCUT2D eigenvalue weighted by Crippen LogP contribution is -2.26. The predicted octanol–water partition coefficient (Wildman–Crippen LogP) is 4.56. The Bertz CT molecular complexity index is 236. The van der Waals surface area contributed by atoms with E-state index < -0.39 is 0 Å². The molecule has 0 aromatic heterocycles. The van der Waals surface area contributed by atoms with Crippen LogP contribution in [0.5, 0.6) is 0 Å². The van der Waals surface area contributed by atoms with Crippen LogP contribution in [0.25, 0.3) is 0 Å². The fourth-order valence-electron chi connectivity index (χ4n) is 3.49. The van der Waals surface area contributed by atoms with Gasteiger partial charge in [-0.25, -0.2) is 0 Å². The first-order valence-corrected chi connectivity index (χ1v) is 7.81. The molecule has 0 spiro atoms. The average Bonchev–Trinajstić information content (AvgIpc) is 2.72. The Kier molecular flexibility index (Phi) is 5.57. The second-order valence-electron chi connectivity index (χ2n) is 6.08. The van der Waals surface area contributed by atoms with E-state index in [1.165, 1.54) is 77.0 Å². The van der Waals surface area contributed by atoms with Gasteiger partial charge < -0.3 is 5.73 Å². The van der Waals surface area contributed by atoms with Crippen molar-refractivity contribution in [3.8, 4) is 0 Å². The van der Waals surface area contributed by atoms with E-state index in [1.807, 2.05) is 0 Å². The monoisotopic (exact) mass is 235 g/mol. The lowest BCUT2D eigenvalue weighted by molar-refractivity contribution is 0.402. The van der Waals surface area contributed by atoms with E-state index >= 15 is 0 Å². The zero-order valence-corrected chi connectivity index (χ0v) is 11.3. The molecule has 2 N–H and O–H groups in total. The summed E-state index contributed by atoms with van der Waals surface area (Å²) in [5, 5.41) is 0. The standard InChI is InChI=1S/C16H29N/c17-16(15-11-7-3-4-8-12-15)13-14-9-5-1-2-6-10-14/h11,14,16H,1-10,12-13,17H2. The molecule has 1 saturated carbocycles. The SMILES string of the molecule is NC(CC1CCCCCC1)C1=CCCCCC1. The van der Waals surface area contributed by atoms with Crippen LogP contribution < -0.4 is 5.73 Å². The van der Waals surface area contributed by atoms with Crippen molar-refractivity contribution in [3.63, 3.8) is 0 Å². The van der Waals surface area contributed by atoms with Crippen LogP contribution in [0.2, 0.25) is 0 Å². The van der Waals surface area contributed by atoms with E-state index in [0.717, 1.165) is 5.92 Å². The quantitative estimate of drug-likeness (QED) is 0.563. The first kappa shape index (κ1) is 13.1. The smallest absolute Gasteiger partial charge is 0.0256 e. The Morgan fingerprint density at radius 2 is 1.71 bits per heavy atom. The largest absolute Gasteiger partial charge is 0.324 e. The van der Waals surface area contributed by atoms with Gasteiger partial charge in [-0.2, -0.15) is 0 Å². The fraction of sp³-hybridized carbons (Fsp3) is 0.875. The second-order valence-corrected chi connectivity index (χ2v) is 6.08. The molecule has 0 heterocycles. The summed E-state index contributed by atoms with van der Waals surface area (Å²) in [6.45, 7) is 0. The number of hydrogen-bond acceptors (Lipinski definition) is 1. The highest BCUT2D eigenvalue weighted by Crippen LogP contribution is 2.29. The van der Waals surface area contributed by atoms with E-state index in [2.05, 4.69) is 6.08 Å². The summed E-state index contributed by atoms with van der Waals surface area (Å²) in [5.41, 5.74) is 8.01. The molecule has 0 aliphatic heterocycles. The molecule has 1 unspecified atom stereocenters. The molecule has 0 bridgehead atoms. The van der Waals surface area contributed by atoms with Crippen molar-refractivity contribution >= 4 is 0 Å². The van der Waals surface area contributed by atoms with E-state index in [0.29, 0.717) is 6.04 Å². The fourth-order valence-corrected chi connectivity index (χ4v) is 3.49. The van der Waals surface area contributed by atoms with Gasteiger partial charge in [-0.15, -0.1) is 0 Å². The minimum Gasteiger partial charge on any atom is -0.324 e. The third-order valence-electron chi connectivity index (χ3n) is 4.61. The summed E-state index contributed by atoms with van der Waals surface area (Å²) in [6.07, 6.45) is 19.0. The van der Waals surface area contributed by atoms with Crippen LogP contribution in [0.1, 0.15) is 77.0 Å². The third kappa shape index (κ3) is 4.46. The minimum atomic E-state index is 0.371. The van der Waals surface area contributed by atoms with E-state index in [9.17, 15) is 0 Å². The molecule has 0 radical (unpaired) electrons. The normalized spacial score (nSPS) is 25.8. The summed E-state index contributed by atoms with van der Waals surface area (Å²) >= 11 is 0. The molecule has 0 aromatic carbocycles. The predicted molar refractivity (Wildman–Crippen MR) is 75.0 cm³/mol. The van der Waals surface area contributed by atoms with Crippen LogP contribution in [0.15, 0.2) is 11.6 Å². The molecule has 1 atom stereocenters. The van der Waals surface area contributed by atoms with Crippen LogP contribution in [0.4, 0.5) is 0 Å². The van der Waals surface area contributed by atoms with Crippen molar-refractivity contribution in [1.29, 1.82) is 0 Å². The van der Waals surface area contributed by atoms with Crippen molar-refractivity contribution in [2.24, 2.45) is 11.7 Å². The molecule has 0 saturated heterocycles. The van der Waals surface area contributed by atoms with Gasteiger partial charge in [-0.1, -0.05) is 56.6 Å². The van der Waals surface area contributed by atoms with Crippen LogP contribution in [-0.4, -0.2) is 6.04 Å². The van der Waals surface area contributed by atoms with Gasteiger partial charge in [0, 0.05) is 6.04 Å².